The van der Waals surface area contributed by atoms with Gasteiger partial charge in [0.25, 0.3) is 0 Å². The third kappa shape index (κ3) is 3.13. The molecule has 3 heterocycles. The Bertz CT molecular complexity index is 938. The van der Waals surface area contributed by atoms with Gasteiger partial charge in [-0.25, -0.2) is 9.78 Å². The lowest BCUT2D eigenvalue weighted by Gasteiger charge is -2.26. The van der Waals surface area contributed by atoms with Gasteiger partial charge in [0.05, 0.1) is 23.6 Å². The van der Waals surface area contributed by atoms with Crippen LogP contribution in [0.5, 0.6) is 5.75 Å². The fraction of sp³-hybridized carbons (Fsp3) is 0.278. The second-order valence-electron chi connectivity index (χ2n) is 6.04. The molecule has 0 radical (unpaired) electrons. The van der Waals surface area contributed by atoms with Crippen molar-refractivity contribution < 1.29 is 9.53 Å². The summed E-state index contributed by atoms with van der Waals surface area (Å²) in [4.78, 5) is 16.7. The number of H-pyrrole nitrogens is 1. The van der Waals surface area contributed by atoms with Crippen LogP contribution in [0.1, 0.15) is 24.9 Å². The lowest BCUT2D eigenvalue weighted by molar-refractivity contribution is 0.232. The predicted molar refractivity (Wildman–Crippen MR) is 99.5 cm³/mol. The first-order valence-corrected chi connectivity index (χ1v) is 8.62. The number of benzene rings is 1. The van der Waals surface area contributed by atoms with Crippen LogP contribution in [0.4, 0.5) is 16.4 Å². The van der Waals surface area contributed by atoms with Gasteiger partial charge in [-0.3, -0.25) is 10.4 Å². The Balaban J connectivity index is 1.46. The molecule has 1 atom stereocenters. The molecule has 0 saturated carbocycles. The Kier molecular flexibility index (Phi) is 4.30. The van der Waals surface area contributed by atoms with E-state index in [2.05, 4.69) is 31.1 Å². The predicted octanol–water partition coefficient (Wildman–Crippen LogP) is 3.04. The summed E-state index contributed by atoms with van der Waals surface area (Å²) in [5.41, 5.74) is 1.80. The van der Waals surface area contributed by atoms with E-state index in [0.717, 1.165) is 41.0 Å². The molecule has 8 nitrogen and oxygen atoms in total. The van der Waals surface area contributed by atoms with Gasteiger partial charge in [-0.05, 0) is 13.0 Å². The molecular weight excluding hydrogens is 332 g/mol. The number of para-hydroxylation sites is 1. The van der Waals surface area contributed by atoms with Crippen molar-refractivity contribution in [3.63, 3.8) is 0 Å². The van der Waals surface area contributed by atoms with Gasteiger partial charge in [-0.1, -0.05) is 18.2 Å². The normalized spacial score (nSPS) is 15.8. The third-order valence-corrected chi connectivity index (χ3v) is 4.30. The molecule has 1 unspecified atom stereocenters. The monoisotopic (exact) mass is 352 g/mol. The van der Waals surface area contributed by atoms with Crippen molar-refractivity contribution in [2.45, 2.75) is 19.4 Å². The molecule has 4 N–H and O–H groups in total. The zero-order valence-electron chi connectivity index (χ0n) is 14.4. The summed E-state index contributed by atoms with van der Waals surface area (Å²) in [6.07, 6.45) is 2.42. The minimum absolute atomic E-state index is 0.0869. The molecule has 0 spiro atoms. The molecule has 0 bridgehead atoms. The average molecular weight is 352 g/mol. The largest absolute Gasteiger partial charge is 0.493 e. The highest BCUT2D eigenvalue weighted by molar-refractivity contribution is 5.94. The van der Waals surface area contributed by atoms with E-state index in [0.29, 0.717) is 12.4 Å². The molecule has 3 aromatic rings. The second kappa shape index (κ2) is 6.91. The number of hydrogen-bond acceptors (Lipinski definition) is 5. The molecule has 0 aliphatic carbocycles. The molecular formula is C18H20N6O2. The van der Waals surface area contributed by atoms with Gasteiger partial charge in [0.2, 0.25) is 0 Å². The van der Waals surface area contributed by atoms with Crippen molar-refractivity contribution in [1.29, 1.82) is 0 Å². The van der Waals surface area contributed by atoms with Crippen LogP contribution in [0.15, 0.2) is 36.5 Å². The number of anilines is 2. The number of urea groups is 1. The maximum Gasteiger partial charge on any atom is 0.320 e. The first kappa shape index (κ1) is 16.2. The first-order chi connectivity index (χ1) is 12.7. The van der Waals surface area contributed by atoms with E-state index in [-0.39, 0.29) is 12.1 Å². The highest BCUT2D eigenvalue weighted by Crippen LogP contribution is 2.31. The van der Waals surface area contributed by atoms with Crippen LogP contribution in [0.3, 0.4) is 0 Å². The molecule has 1 aliphatic heterocycles. The maximum atomic E-state index is 12.4. The summed E-state index contributed by atoms with van der Waals surface area (Å²) in [7, 11) is 0. The Hall–Kier alpha value is -3.29. The highest BCUT2D eigenvalue weighted by atomic mass is 16.5. The highest BCUT2D eigenvalue weighted by Gasteiger charge is 2.22. The summed E-state index contributed by atoms with van der Waals surface area (Å²) >= 11 is 0. The van der Waals surface area contributed by atoms with Crippen molar-refractivity contribution in [3.05, 3.63) is 42.1 Å². The molecule has 1 aliphatic rings. The van der Waals surface area contributed by atoms with Gasteiger partial charge < -0.3 is 15.4 Å². The summed E-state index contributed by atoms with van der Waals surface area (Å²) in [6, 6.07) is 9.12. The van der Waals surface area contributed by atoms with E-state index in [1.54, 1.807) is 12.3 Å². The van der Waals surface area contributed by atoms with E-state index >= 15 is 0 Å². The van der Waals surface area contributed by atoms with Crippen molar-refractivity contribution >= 4 is 28.6 Å². The number of hydrogen-bond donors (Lipinski definition) is 4. The zero-order chi connectivity index (χ0) is 17.9. The number of aromatic amines is 1. The van der Waals surface area contributed by atoms with Crippen LogP contribution in [0, 0.1) is 0 Å². The Morgan fingerprint density at radius 2 is 2.27 bits per heavy atom. The summed E-state index contributed by atoms with van der Waals surface area (Å²) in [6.45, 7) is 3.35. The fourth-order valence-electron chi connectivity index (χ4n) is 3.09. The van der Waals surface area contributed by atoms with Gasteiger partial charge in [0, 0.05) is 30.8 Å². The Labute approximate surface area is 150 Å². The maximum absolute atomic E-state index is 12.4. The van der Waals surface area contributed by atoms with E-state index < -0.39 is 0 Å². The van der Waals surface area contributed by atoms with E-state index in [4.69, 9.17) is 4.74 Å². The molecule has 0 fully saturated rings. The molecule has 2 aromatic heterocycles. The molecule has 26 heavy (non-hydrogen) atoms. The number of carbonyl (C=O) groups is 1. The van der Waals surface area contributed by atoms with Crippen LogP contribution in [0.25, 0.3) is 10.9 Å². The van der Waals surface area contributed by atoms with Crippen LogP contribution in [0.2, 0.25) is 0 Å². The number of nitrogens with one attached hydrogen (secondary N) is 4. The number of amides is 2. The lowest BCUT2D eigenvalue weighted by atomic mass is 10.0. The number of fused-ring (bicyclic) bond motifs is 2. The average Bonchev–Trinajstić information content (AvgIpc) is 3.04. The van der Waals surface area contributed by atoms with E-state index in [1.807, 2.05) is 31.2 Å². The van der Waals surface area contributed by atoms with Crippen LogP contribution in [-0.2, 0) is 0 Å². The van der Waals surface area contributed by atoms with Crippen LogP contribution >= 0.6 is 0 Å². The number of pyridine rings is 1. The number of ether oxygens (including phenoxy) is 1. The summed E-state index contributed by atoms with van der Waals surface area (Å²) < 4.78 is 5.62. The minimum atomic E-state index is -0.301. The SMILES string of the molecule is CCNc1n[nH]c2cc(NC(=O)NC3CCOc4ccccc43)ncc12. The van der Waals surface area contributed by atoms with Gasteiger partial charge in [0.1, 0.15) is 11.6 Å². The first-order valence-electron chi connectivity index (χ1n) is 8.62. The summed E-state index contributed by atoms with van der Waals surface area (Å²) in [5, 5.41) is 17.0. The lowest BCUT2D eigenvalue weighted by Crippen LogP contribution is -2.35. The van der Waals surface area contributed by atoms with Gasteiger partial charge in [-0.15, -0.1) is 0 Å². The van der Waals surface area contributed by atoms with Crippen LogP contribution in [-0.4, -0.2) is 34.4 Å². The molecule has 134 valence electrons. The van der Waals surface area contributed by atoms with Gasteiger partial charge in [-0.2, -0.15) is 5.10 Å². The fourth-order valence-corrected chi connectivity index (χ4v) is 3.09. The van der Waals surface area contributed by atoms with E-state index in [1.165, 1.54) is 0 Å². The van der Waals surface area contributed by atoms with Crippen molar-refractivity contribution in [3.8, 4) is 5.75 Å². The van der Waals surface area contributed by atoms with E-state index in [9.17, 15) is 4.79 Å². The number of rotatable bonds is 4. The number of nitrogens with zero attached hydrogens (tertiary/aromatic N) is 2. The second-order valence-corrected chi connectivity index (χ2v) is 6.04. The van der Waals surface area contributed by atoms with Crippen molar-refractivity contribution in [2.75, 3.05) is 23.8 Å². The quantitative estimate of drug-likeness (QED) is 0.578. The number of carbonyl (C=O) groups excluding carboxylic acids is 1. The topological polar surface area (TPSA) is 104 Å². The van der Waals surface area contributed by atoms with Gasteiger partial charge >= 0.3 is 6.03 Å². The van der Waals surface area contributed by atoms with Crippen LogP contribution < -0.4 is 20.7 Å². The minimum Gasteiger partial charge on any atom is -0.493 e. The standard InChI is InChI=1S/C18H20N6O2/c1-2-19-17-12-10-20-16(9-14(12)23-24-17)22-18(25)21-13-7-8-26-15-6-4-3-5-11(13)15/h3-6,9-10,13H,2,7-8H2,1H3,(H2,19,23,24)(H2,20,21,22,25). The smallest absolute Gasteiger partial charge is 0.320 e. The zero-order valence-corrected chi connectivity index (χ0v) is 14.4. The Morgan fingerprint density at radius 3 is 3.15 bits per heavy atom. The van der Waals surface area contributed by atoms with Crippen molar-refractivity contribution in [1.82, 2.24) is 20.5 Å². The van der Waals surface area contributed by atoms with Crippen molar-refractivity contribution in [2.24, 2.45) is 0 Å². The Morgan fingerprint density at radius 1 is 1.38 bits per heavy atom. The summed E-state index contributed by atoms with van der Waals surface area (Å²) in [5.74, 6) is 2.03. The molecule has 2 amide bonds. The molecule has 8 heteroatoms. The van der Waals surface area contributed by atoms with Gasteiger partial charge in [0.15, 0.2) is 5.82 Å². The molecule has 0 saturated heterocycles. The molecule has 4 rings (SSSR count). The third-order valence-electron chi connectivity index (χ3n) is 4.30. The number of aromatic nitrogens is 3. The molecule has 1 aromatic carbocycles.